The zero-order valence-electron chi connectivity index (χ0n) is 12.2. The van der Waals surface area contributed by atoms with Crippen LogP contribution in [0.3, 0.4) is 0 Å². The van der Waals surface area contributed by atoms with Crippen molar-refractivity contribution in [2.75, 3.05) is 45.2 Å². The zero-order chi connectivity index (χ0) is 15.2. The Kier molecular flexibility index (Phi) is 5.29. The number of rotatable bonds is 6. The number of hydrogen-bond donors (Lipinski definition) is 1. The first-order valence-corrected chi connectivity index (χ1v) is 6.91. The van der Waals surface area contributed by atoms with Crippen LogP contribution in [0.1, 0.15) is 6.92 Å². The summed E-state index contributed by atoms with van der Waals surface area (Å²) >= 11 is 0. The summed E-state index contributed by atoms with van der Waals surface area (Å²) in [7, 11) is 1.47. The summed E-state index contributed by atoms with van der Waals surface area (Å²) in [6.07, 6.45) is -0.00805. The molecule has 2 heterocycles. The van der Waals surface area contributed by atoms with Crippen molar-refractivity contribution < 1.29 is 14.4 Å². The third kappa shape index (κ3) is 4.02. The molecule has 0 aromatic carbocycles. The molecule has 0 bridgehead atoms. The molecular formula is C13H20N4O4. The SMILES string of the molecule is CCN1CCOC(CNc2nc(OC)ccc2[N+](=O)[O-])C1. The first-order chi connectivity index (χ1) is 10.1. The number of ether oxygens (including phenoxy) is 2. The van der Waals surface area contributed by atoms with Crippen LogP contribution in [0.2, 0.25) is 0 Å². The number of hydrogen-bond acceptors (Lipinski definition) is 7. The lowest BCUT2D eigenvalue weighted by atomic mass is 10.2. The van der Waals surface area contributed by atoms with Gasteiger partial charge in [0.25, 0.3) is 0 Å². The van der Waals surface area contributed by atoms with Crippen LogP contribution in [-0.2, 0) is 4.74 Å². The van der Waals surface area contributed by atoms with Crippen molar-refractivity contribution in [3.05, 3.63) is 22.2 Å². The van der Waals surface area contributed by atoms with Gasteiger partial charge in [0.05, 0.1) is 24.7 Å². The fourth-order valence-corrected chi connectivity index (χ4v) is 2.23. The molecule has 8 heteroatoms. The molecule has 0 saturated carbocycles. The van der Waals surface area contributed by atoms with Gasteiger partial charge in [-0.2, -0.15) is 4.98 Å². The highest BCUT2D eigenvalue weighted by Crippen LogP contribution is 2.25. The largest absolute Gasteiger partial charge is 0.481 e. The predicted octanol–water partition coefficient (Wildman–Crippen LogP) is 1.13. The maximum atomic E-state index is 11.0. The number of methoxy groups -OCH3 is 1. The first kappa shape index (κ1) is 15.5. The molecule has 21 heavy (non-hydrogen) atoms. The minimum absolute atomic E-state index is 0.00805. The molecule has 1 aliphatic heterocycles. The fourth-order valence-electron chi connectivity index (χ4n) is 2.23. The number of nitrogens with one attached hydrogen (secondary N) is 1. The van der Waals surface area contributed by atoms with E-state index in [1.807, 2.05) is 0 Å². The third-order valence-corrected chi connectivity index (χ3v) is 3.42. The molecule has 1 fully saturated rings. The highest BCUT2D eigenvalue weighted by Gasteiger charge is 2.21. The van der Waals surface area contributed by atoms with Crippen molar-refractivity contribution in [2.45, 2.75) is 13.0 Å². The Hall–Kier alpha value is -1.93. The van der Waals surface area contributed by atoms with Gasteiger partial charge in [-0.1, -0.05) is 6.92 Å². The van der Waals surface area contributed by atoms with E-state index in [0.29, 0.717) is 19.0 Å². The third-order valence-electron chi connectivity index (χ3n) is 3.42. The van der Waals surface area contributed by atoms with Crippen LogP contribution in [0.25, 0.3) is 0 Å². The van der Waals surface area contributed by atoms with Crippen molar-refractivity contribution in [3.8, 4) is 5.88 Å². The van der Waals surface area contributed by atoms with E-state index in [4.69, 9.17) is 9.47 Å². The van der Waals surface area contributed by atoms with Crippen LogP contribution in [0.15, 0.2) is 12.1 Å². The molecule has 1 atom stereocenters. The Labute approximate surface area is 123 Å². The summed E-state index contributed by atoms with van der Waals surface area (Å²) in [5, 5.41) is 14.0. The zero-order valence-corrected chi connectivity index (χ0v) is 12.2. The highest BCUT2D eigenvalue weighted by atomic mass is 16.6. The van der Waals surface area contributed by atoms with Crippen LogP contribution in [0.5, 0.6) is 5.88 Å². The monoisotopic (exact) mass is 296 g/mol. The van der Waals surface area contributed by atoms with E-state index >= 15 is 0 Å². The van der Waals surface area contributed by atoms with Crippen molar-refractivity contribution in [3.63, 3.8) is 0 Å². The van der Waals surface area contributed by atoms with Gasteiger partial charge in [-0.15, -0.1) is 0 Å². The average Bonchev–Trinajstić information content (AvgIpc) is 2.52. The van der Waals surface area contributed by atoms with Crippen molar-refractivity contribution in [1.82, 2.24) is 9.88 Å². The van der Waals surface area contributed by atoms with E-state index in [1.165, 1.54) is 19.2 Å². The summed E-state index contributed by atoms with van der Waals surface area (Å²) in [5.74, 6) is 0.541. The number of morpholine rings is 1. The average molecular weight is 296 g/mol. The summed E-state index contributed by atoms with van der Waals surface area (Å²) in [4.78, 5) is 16.9. The summed E-state index contributed by atoms with van der Waals surface area (Å²) in [6.45, 7) is 5.94. The van der Waals surface area contributed by atoms with Gasteiger partial charge in [0.2, 0.25) is 11.7 Å². The highest BCUT2D eigenvalue weighted by molar-refractivity contribution is 5.57. The van der Waals surface area contributed by atoms with Crippen molar-refractivity contribution in [2.24, 2.45) is 0 Å². The van der Waals surface area contributed by atoms with Crippen molar-refractivity contribution in [1.29, 1.82) is 0 Å². The van der Waals surface area contributed by atoms with Gasteiger partial charge in [0, 0.05) is 31.8 Å². The number of nitro groups is 1. The minimum Gasteiger partial charge on any atom is -0.481 e. The Morgan fingerprint density at radius 3 is 3.10 bits per heavy atom. The Morgan fingerprint density at radius 2 is 2.43 bits per heavy atom. The van der Waals surface area contributed by atoms with E-state index in [1.54, 1.807) is 0 Å². The standard InChI is InChI=1S/C13H20N4O4/c1-3-16-6-7-21-10(9-16)8-14-13-11(17(18)19)4-5-12(15-13)20-2/h4-5,10H,3,6-9H2,1-2H3,(H,14,15). The van der Waals surface area contributed by atoms with E-state index in [2.05, 4.69) is 22.1 Å². The second-order valence-corrected chi connectivity index (χ2v) is 4.75. The lowest BCUT2D eigenvalue weighted by molar-refractivity contribution is -0.384. The lowest BCUT2D eigenvalue weighted by Crippen LogP contribution is -2.45. The van der Waals surface area contributed by atoms with Crippen LogP contribution in [-0.4, -0.2) is 60.8 Å². The minimum atomic E-state index is -0.463. The first-order valence-electron chi connectivity index (χ1n) is 6.91. The second kappa shape index (κ2) is 7.19. The Morgan fingerprint density at radius 1 is 1.62 bits per heavy atom. The van der Waals surface area contributed by atoms with Gasteiger partial charge in [0.15, 0.2) is 0 Å². The molecule has 2 rings (SSSR count). The Balaban J connectivity index is 2.02. The maximum Gasteiger partial charge on any atom is 0.311 e. The Bertz CT molecular complexity index is 497. The van der Waals surface area contributed by atoms with Crippen molar-refractivity contribution >= 4 is 11.5 Å². The van der Waals surface area contributed by atoms with E-state index in [0.717, 1.165) is 19.6 Å². The topological polar surface area (TPSA) is 89.8 Å². The van der Waals surface area contributed by atoms with Gasteiger partial charge in [-0.3, -0.25) is 15.0 Å². The van der Waals surface area contributed by atoms with Gasteiger partial charge >= 0.3 is 5.69 Å². The molecule has 0 aliphatic carbocycles. The summed E-state index contributed by atoms with van der Waals surface area (Å²) < 4.78 is 10.7. The van der Waals surface area contributed by atoms with Gasteiger partial charge in [-0.25, -0.2) is 0 Å². The predicted molar refractivity (Wildman–Crippen MR) is 77.8 cm³/mol. The molecular weight excluding hydrogens is 276 g/mol. The van der Waals surface area contributed by atoms with Gasteiger partial charge in [0.1, 0.15) is 0 Å². The molecule has 116 valence electrons. The summed E-state index contributed by atoms with van der Waals surface area (Å²) in [5.41, 5.74) is -0.0704. The molecule has 0 spiro atoms. The number of anilines is 1. The lowest BCUT2D eigenvalue weighted by Gasteiger charge is -2.32. The van der Waals surface area contributed by atoms with Crippen LogP contribution in [0.4, 0.5) is 11.5 Å². The smallest absolute Gasteiger partial charge is 0.311 e. The van der Waals surface area contributed by atoms with E-state index in [-0.39, 0.29) is 17.6 Å². The molecule has 1 N–H and O–H groups in total. The molecule has 1 aromatic heterocycles. The quantitative estimate of drug-likeness (QED) is 0.621. The number of nitrogens with zero attached hydrogens (tertiary/aromatic N) is 3. The van der Waals surface area contributed by atoms with Crippen LogP contribution in [0, 0.1) is 10.1 Å². The molecule has 0 amide bonds. The molecule has 1 saturated heterocycles. The number of likely N-dealkylation sites (N-methyl/N-ethyl adjacent to an activating group) is 1. The van der Waals surface area contributed by atoms with E-state index < -0.39 is 4.92 Å². The van der Waals surface area contributed by atoms with Crippen LogP contribution < -0.4 is 10.1 Å². The molecule has 1 aromatic rings. The molecule has 1 aliphatic rings. The van der Waals surface area contributed by atoms with E-state index in [9.17, 15) is 10.1 Å². The molecule has 0 radical (unpaired) electrons. The normalized spacial score (nSPS) is 19.2. The summed E-state index contributed by atoms with van der Waals surface area (Å²) in [6, 6.07) is 2.85. The molecule has 1 unspecified atom stereocenters. The number of pyridine rings is 1. The molecule has 8 nitrogen and oxygen atoms in total. The fraction of sp³-hybridized carbons (Fsp3) is 0.615. The second-order valence-electron chi connectivity index (χ2n) is 4.75. The number of aromatic nitrogens is 1. The maximum absolute atomic E-state index is 11.0. The van der Waals surface area contributed by atoms with Gasteiger partial charge in [-0.05, 0) is 6.54 Å². The van der Waals surface area contributed by atoms with Gasteiger partial charge < -0.3 is 14.8 Å². The van der Waals surface area contributed by atoms with Crippen LogP contribution >= 0.6 is 0 Å².